The lowest BCUT2D eigenvalue weighted by atomic mass is 10.0. The Labute approximate surface area is 108 Å². The number of rotatable bonds is 6. The van der Waals surface area contributed by atoms with Gasteiger partial charge in [0.15, 0.2) is 0 Å². The molecule has 0 aromatic carbocycles. The van der Waals surface area contributed by atoms with Crippen LogP contribution >= 0.6 is 0 Å². The number of unbranched alkanes of at least 4 members (excludes halogenated alkanes) is 2. The van der Waals surface area contributed by atoms with Crippen LogP contribution in [0.4, 0.5) is 0 Å². The second-order valence-electron chi connectivity index (χ2n) is 7.14. The highest BCUT2D eigenvalue weighted by Gasteiger charge is 2.30. The highest BCUT2D eigenvalue weighted by atomic mass is 15.2. The highest BCUT2D eigenvalue weighted by molar-refractivity contribution is 4.87. The molecule has 0 aromatic rings. The molecule has 0 radical (unpaired) electrons. The number of hydrogen-bond acceptors (Lipinski definition) is 2. The number of nitrogens with one attached hydrogen (secondary N) is 1. The number of nitrogens with zero attached hydrogens (tertiary/aromatic N) is 1. The molecule has 0 atom stereocenters. The first-order valence-electron chi connectivity index (χ1n) is 7.31. The van der Waals surface area contributed by atoms with Crippen molar-refractivity contribution in [2.45, 2.75) is 77.8 Å². The average molecular weight is 240 g/mol. The molecule has 1 aliphatic rings. The van der Waals surface area contributed by atoms with Gasteiger partial charge >= 0.3 is 0 Å². The summed E-state index contributed by atoms with van der Waals surface area (Å²) in [4.78, 5) is 2.67. The molecule has 0 saturated carbocycles. The maximum Gasteiger partial charge on any atom is 0.0153 e. The summed E-state index contributed by atoms with van der Waals surface area (Å²) in [5.74, 6) is 0. The van der Waals surface area contributed by atoms with E-state index in [9.17, 15) is 0 Å². The molecule has 0 aromatic heterocycles. The zero-order valence-corrected chi connectivity index (χ0v) is 12.6. The minimum Gasteiger partial charge on any atom is -0.312 e. The van der Waals surface area contributed by atoms with Gasteiger partial charge in [0.2, 0.25) is 0 Å². The van der Waals surface area contributed by atoms with Crippen molar-refractivity contribution >= 4 is 0 Å². The summed E-state index contributed by atoms with van der Waals surface area (Å²) in [5, 5.41) is 3.55. The fourth-order valence-corrected chi connectivity index (χ4v) is 2.65. The third-order valence-electron chi connectivity index (χ3n) is 3.83. The molecule has 1 fully saturated rings. The van der Waals surface area contributed by atoms with Crippen LogP contribution in [0.25, 0.3) is 0 Å². The molecule has 1 saturated heterocycles. The molecule has 102 valence electrons. The molecule has 2 heteroatoms. The van der Waals surface area contributed by atoms with Gasteiger partial charge in [-0.25, -0.2) is 0 Å². The molecule has 1 heterocycles. The molecule has 0 bridgehead atoms. The molecule has 0 spiro atoms. The van der Waals surface area contributed by atoms with E-state index in [4.69, 9.17) is 0 Å². The van der Waals surface area contributed by atoms with E-state index in [-0.39, 0.29) is 5.54 Å². The first-order chi connectivity index (χ1) is 7.81. The van der Waals surface area contributed by atoms with E-state index in [1.165, 1.54) is 45.2 Å². The second-order valence-corrected chi connectivity index (χ2v) is 7.14. The first-order valence-corrected chi connectivity index (χ1v) is 7.31. The first kappa shape index (κ1) is 15.0. The molecule has 2 nitrogen and oxygen atoms in total. The summed E-state index contributed by atoms with van der Waals surface area (Å²) >= 11 is 0. The molecule has 1 aliphatic heterocycles. The van der Waals surface area contributed by atoms with E-state index in [2.05, 4.69) is 44.8 Å². The third-order valence-corrected chi connectivity index (χ3v) is 3.83. The monoisotopic (exact) mass is 240 g/mol. The zero-order chi connectivity index (χ0) is 12.9. The van der Waals surface area contributed by atoms with Gasteiger partial charge in [0.25, 0.3) is 0 Å². The van der Waals surface area contributed by atoms with Crippen LogP contribution in [0.3, 0.4) is 0 Å². The summed E-state index contributed by atoms with van der Waals surface area (Å²) in [6, 6.07) is 0. The summed E-state index contributed by atoms with van der Waals surface area (Å²) in [6.07, 6.45) is 6.79. The van der Waals surface area contributed by atoms with Gasteiger partial charge in [-0.05, 0) is 79.9 Å². The van der Waals surface area contributed by atoms with Crippen LogP contribution in [0, 0.1) is 0 Å². The molecule has 1 rings (SSSR count). The van der Waals surface area contributed by atoms with Crippen molar-refractivity contribution in [2.24, 2.45) is 0 Å². The average Bonchev–Trinajstić information content (AvgIpc) is 2.50. The fourth-order valence-electron chi connectivity index (χ4n) is 2.65. The predicted octanol–water partition coefficient (Wildman–Crippen LogP) is 3.42. The van der Waals surface area contributed by atoms with Crippen molar-refractivity contribution in [1.29, 1.82) is 0 Å². The lowest BCUT2D eigenvalue weighted by Crippen LogP contribution is -2.38. The molecule has 17 heavy (non-hydrogen) atoms. The van der Waals surface area contributed by atoms with Crippen LogP contribution in [0.1, 0.15) is 66.7 Å². The van der Waals surface area contributed by atoms with Gasteiger partial charge in [-0.2, -0.15) is 0 Å². The van der Waals surface area contributed by atoms with Gasteiger partial charge in [-0.3, -0.25) is 4.90 Å². The zero-order valence-electron chi connectivity index (χ0n) is 12.6. The van der Waals surface area contributed by atoms with E-state index >= 15 is 0 Å². The maximum atomic E-state index is 3.55. The molecular formula is C15H32N2. The van der Waals surface area contributed by atoms with Crippen molar-refractivity contribution in [2.75, 3.05) is 19.6 Å². The van der Waals surface area contributed by atoms with Crippen LogP contribution in [-0.2, 0) is 0 Å². The molecule has 1 N–H and O–H groups in total. The highest BCUT2D eigenvalue weighted by Crippen LogP contribution is 2.28. The SMILES string of the molecule is CC(C)(C)NCCCCCN1CCCC1(C)C. The topological polar surface area (TPSA) is 15.3 Å². The Morgan fingerprint density at radius 3 is 2.35 bits per heavy atom. The smallest absolute Gasteiger partial charge is 0.0153 e. The Balaban J connectivity index is 2.01. The number of hydrogen-bond donors (Lipinski definition) is 1. The van der Waals surface area contributed by atoms with Crippen LogP contribution in [0.15, 0.2) is 0 Å². The van der Waals surface area contributed by atoms with Gasteiger partial charge in [-0.15, -0.1) is 0 Å². The maximum absolute atomic E-state index is 3.55. The summed E-state index contributed by atoms with van der Waals surface area (Å²) in [7, 11) is 0. The normalized spacial score (nSPS) is 21.0. The molecule has 0 amide bonds. The van der Waals surface area contributed by atoms with Crippen LogP contribution in [0.5, 0.6) is 0 Å². The molecule has 0 aliphatic carbocycles. The van der Waals surface area contributed by atoms with Crippen molar-refractivity contribution in [3.8, 4) is 0 Å². The Morgan fingerprint density at radius 2 is 1.82 bits per heavy atom. The fraction of sp³-hybridized carbons (Fsp3) is 1.00. The summed E-state index contributed by atoms with van der Waals surface area (Å²) in [6.45, 7) is 15.3. The summed E-state index contributed by atoms with van der Waals surface area (Å²) < 4.78 is 0. The molecule has 0 unspecified atom stereocenters. The van der Waals surface area contributed by atoms with Gasteiger partial charge in [0, 0.05) is 11.1 Å². The van der Waals surface area contributed by atoms with Crippen LogP contribution in [-0.4, -0.2) is 35.6 Å². The Bertz CT molecular complexity index is 215. The van der Waals surface area contributed by atoms with Gasteiger partial charge in [0.05, 0.1) is 0 Å². The second kappa shape index (κ2) is 6.19. The van der Waals surface area contributed by atoms with Gasteiger partial charge in [0.1, 0.15) is 0 Å². The predicted molar refractivity (Wildman–Crippen MR) is 76.5 cm³/mol. The van der Waals surface area contributed by atoms with Crippen LogP contribution < -0.4 is 5.32 Å². The standard InChI is InChI=1S/C15H32N2/c1-14(2,3)16-11-7-6-8-12-17-13-9-10-15(17,4)5/h16H,6-13H2,1-5H3. The van der Waals surface area contributed by atoms with E-state index in [1.807, 2.05) is 0 Å². The van der Waals surface area contributed by atoms with Crippen molar-refractivity contribution in [3.63, 3.8) is 0 Å². The molecular weight excluding hydrogens is 208 g/mol. The van der Waals surface area contributed by atoms with Gasteiger partial charge < -0.3 is 5.32 Å². The van der Waals surface area contributed by atoms with Crippen LogP contribution in [0.2, 0.25) is 0 Å². The lowest BCUT2D eigenvalue weighted by molar-refractivity contribution is 0.171. The van der Waals surface area contributed by atoms with Crippen molar-refractivity contribution < 1.29 is 0 Å². The van der Waals surface area contributed by atoms with E-state index in [0.29, 0.717) is 5.54 Å². The minimum absolute atomic E-state index is 0.275. The third kappa shape index (κ3) is 5.87. The van der Waals surface area contributed by atoms with Crippen molar-refractivity contribution in [1.82, 2.24) is 10.2 Å². The largest absolute Gasteiger partial charge is 0.312 e. The quantitative estimate of drug-likeness (QED) is 0.716. The van der Waals surface area contributed by atoms with Crippen molar-refractivity contribution in [3.05, 3.63) is 0 Å². The Kier molecular flexibility index (Phi) is 5.46. The van der Waals surface area contributed by atoms with E-state index < -0.39 is 0 Å². The number of likely N-dealkylation sites (tertiary alicyclic amines) is 1. The summed E-state index contributed by atoms with van der Waals surface area (Å²) in [5.41, 5.74) is 0.737. The Morgan fingerprint density at radius 1 is 1.12 bits per heavy atom. The lowest BCUT2D eigenvalue weighted by Gasteiger charge is -2.31. The Hall–Kier alpha value is -0.0800. The minimum atomic E-state index is 0.275. The van der Waals surface area contributed by atoms with E-state index in [0.717, 1.165) is 6.54 Å². The van der Waals surface area contributed by atoms with E-state index in [1.54, 1.807) is 0 Å². The van der Waals surface area contributed by atoms with Gasteiger partial charge in [-0.1, -0.05) is 6.42 Å².